The Balaban J connectivity index is 3.33. The second-order valence-corrected chi connectivity index (χ2v) is 28.8. The zero-order valence-corrected chi connectivity index (χ0v) is 61.9. The lowest BCUT2D eigenvalue weighted by molar-refractivity contribution is -0.143. The third-order valence-corrected chi connectivity index (χ3v) is 19.6. The third kappa shape index (κ3) is 77.0. The molecule has 0 bridgehead atoms. The molecule has 0 aliphatic carbocycles. The molecule has 6 heteroatoms. The summed E-state index contributed by atoms with van der Waals surface area (Å²) < 4.78 is 5.52. The number of nitrogens with one attached hydrogen (secondary N) is 1. The first-order valence-electron chi connectivity index (χ1n) is 41.8. The minimum absolute atomic E-state index is 0.0202. The second-order valence-electron chi connectivity index (χ2n) is 28.8. The lowest BCUT2D eigenvalue weighted by Crippen LogP contribution is -2.45. The van der Waals surface area contributed by atoms with Crippen molar-refractivity contribution in [1.29, 1.82) is 0 Å². The molecule has 0 aromatic heterocycles. The largest absolute Gasteiger partial charge is 0.466 e. The monoisotopic (exact) mass is 1280 g/mol. The van der Waals surface area contributed by atoms with Crippen LogP contribution < -0.4 is 5.32 Å². The molecule has 0 aliphatic heterocycles. The highest BCUT2D eigenvalue weighted by molar-refractivity contribution is 5.76. The molecular weight excluding hydrogens is 1110 g/mol. The Morgan fingerprint density at radius 1 is 0.297 bits per heavy atom. The van der Waals surface area contributed by atoms with Crippen molar-refractivity contribution in [3.8, 4) is 0 Å². The summed E-state index contributed by atoms with van der Waals surface area (Å²) in [6.07, 6.45) is 106. The Morgan fingerprint density at radius 3 is 0.780 bits per heavy atom. The Bertz CT molecular complexity index is 1470. The molecule has 0 saturated carbocycles. The predicted octanol–water partition coefficient (Wildman–Crippen LogP) is 27.8. The Kier molecular flexibility index (Phi) is 78.8. The van der Waals surface area contributed by atoms with Gasteiger partial charge in [0.1, 0.15) is 0 Å². The predicted molar refractivity (Wildman–Crippen MR) is 403 cm³/mol. The average Bonchev–Trinajstić information content (AvgIpc) is 3.73. The standard InChI is InChI=1S/C85H163NO5/c1-3-5-7-9-11-13-15-17-19-21-47-51-55-59-63-67-71-75-79-85(90)91-80-76-72-68-64-60-56-52-48-44-42-40-38-36-34-32-30-28-26-24-22-23-25-27-29-31-33-35-37-39-41-43-46-50-54-58-62-66-70-74-78-84(89)86-82(81-87)83(88)77-73-69-65-61-57-53-49-45-20-18-16-14-12-10-8-6-4-2/h19,21-23,73,77,82-83,87-88H,3-18,20,24-72,74-76,78-81H2,1-2H3,(H,86,89)/b21-19-,23-22-,77-73+. The minimum Gasteiger partial charge on any atom is -0.466 e. The lowest BCUT2D eigenvalue weighted by atomic mass is 10.0. The maximum Gasteiger partial charge on any atom is 0.305 e. The molecule has 0 saturated heterocycles. The molecule has 3 N–H and O–H groups in total. The number of amides is 1. The molecule has 538 valence electrons. The molecule has 0 fully saturated rings. The Morgan fingerprint density at radius 2 is 0.516 bits per heavy atom. The summed E-state index contributed by atoms with van der Waals surface area (Å²) in [5.74, 6) is -0.0397. The number of hydrogen-bond acceptors (Lipinski definition) is 5. The topological polar surface area (TPSA) is 95.9 Å². The van der Waals surface area contributed by atoms with Gasteiger partial charge in [0, 0.05) is 12.8 Å². The summed E-state index contributed by atoms with van der Waals surface area (Å²) >= 11 is 0. The quantitative estimate of drug-likeness (QED) is 0.0320. The molecule has 0 rings (SSSR count). The second kappa shape index (κ2) is 80.5. The molecule has 2 unspecified atom stereocenters. The number of esters is 1. The van der Waals surface area contributed by atoms with E-state index in [1.165, 1.54) is 405 Å². The van der Waals surface area contributed by atoms with Crippen LogP contribution in [0.5, 0.6) is 0 Å². The van der Waals surface area contributed by atoms with Crippen molar-refractivity contribution in [1.82, 2.24) is 5.32 Å². The van der Waals surface area contributed by atoms with E-state index >= 15 is 0 Å². The highest BCUT2D eigenvalue weighted by Gasteiger charge is 2.18. The first-order chi connectivity index (χ1) is 45.0. The van der Waals surface area contributed by atoms with Crippen molar-refractivity contribution < 1.29 is 24.5 Å². The van der Waals surface area contributed by atoms with Crippen LogP contribution in [0.4, 0.5) is 0 Å². The summed E-state index contributed by atoms with van der Waals surface area (Å²) in [6.45, 7) is 4.95. The molecule has 6 nitrogen and oxygen atoms in total. The van der Waals surface area contributed by atoms with Gasteiger partial charge in [-0.25, -0.2) is 0 Å². The summed E-state index contributed by atoms with van der Waals surface area (Å²) in [6, 6.07) is -0.625. The van der Waals surface area contributed by atoms with Crippen LogP contribution in [-0.4, -0.2) is 47.4 Å². The van der Waals surface area contributed by atoms with E-state index in [9.17, 15) is 19.8 Å². The van der Waals surface area contributed by atoms with Crippen LogP contribution in [0.1, 0.15) is 470 Å². The molecule has 0 aromatic rings. The smallest absolute Gasteiger partial charge is 0.305 e. The van der Waals surface area contributed by atoms with Crippen molar-refractivity contribution in [2.24, 2.45) is 0 Å². The summed E-state index contributed by atoms with van der Waals surface area (Å²) in [7, 11) is 0. The van der Waals surface area contributed by atoms with Crippen LogP contribution in [0.15, 0.2) is 36.5 Å². The SMILES string of the molecule is CCCCCCCCC/C=C\CCCCCCCCCC(=O)OCCCCCCCCCCCCCCCCCCCC/C=C\CCCCCCCCCCCCCCCCCCCC(=O)NC(CO)C(O)/C=C/CCCCCCCCCCCCCCCCC. The van der Waals surface area contributed by atoms with Crippen molar-refractivity contribution in [2.45, 2.75) is 482 Å². The van der Waals surface area contributed by atoms with Crippen molar-refractivity contribution >= 4 is 11.9 Å². The number of hydrogen-bond donors (Lipinski definition) is 3. The number of aliphatic hydroxyl groups excluding tert-OH is 2. The van der Waals surface area contributed by atoms with E-state index in [1.54, 1.807) is 6.08 Å². The van der Waals surface area contributed by atoms with Gasteiger partial charge >= 0.3 is 5.97 Å². The minimum atomic E-state index is -0.842. The highest BCUT2D eigenvalue weighted by atomic mass is 16.5. The van der Waals surface area contributed by atoms with Gasteiger partial charge in [0.25, 0.3) is 0 Å². The van der Waals surface area contributed by atoms with E-state index in [0.29, 0.717) is 19.4 Å². The summed E-state index contributed by atoms with van der Waals surface area (Å²) in [5, 5.41) is 23.2. The van der Waals surface area contributed by atoms with Crippen molar-refractivity contribution in [3.05, 3.63) is 36.5 Å². The van der Waals surface area contributed by atoms with Crippen LogP contribution in [0.3, 0.4) is 0 Å². The molecule has 0 spiro atoms. The molecular formula is C85H163NO5. The van der Waals surface area contributed by atoms with E-state index in [-0.39, 0.29) is 18.5 Å². The fraction of sp³-hybridized carbons (Fsp3) is 0.906. The number of rotatable bonds is 79. The van der Waals surface area contributed by atoms with Gasteiger partial charge in [-0.3, -0.25) is 9.59 Å². The van der Waals surface area contributed by atoms with Gasteiger partial charge in [-0.05, 0) is 83.5 Å². The highest BCUT2D eigenvalue weighted by Crippen LogP contribution is 2.20. The van der Waals surface area contributed by atoms with E-state index in [0.717, 1.165) is 38.5 Å². The third-order valence-electron chi connectivity index (χ3n) is 19.6. The molecule has 0 aliphatic rings. The number of carbonyl (C=O) groups excluding carboxylic acids is 2. The number of ether oxygens (including phenoxy) is 1. The normalized spacial score (nSPS) is 12.6. The van der Waals surface area contributed by atoms with Crippen LogP contribution >= 0.6 is 0 Å². The summed E-state index contributed by atoms with van der Waals surface area (Å²) in [4.78, 5) is 24.6. The Labute approximate surface area is 570 Å². The Hall–Kier alpha value is -1.92. The molecule has 0 aromatic carbocycles. The molecule has 1 amide bonds. The molecule has 0 heterocycles. The van der Waals surface area contributed by atoms with Gasteiger partial charge in [0.2, 0.25) is 5.91 Å². The van der Waals surface area contributed by atoms with Gasteiger partial charge < -0.3 is 20.3 Å². The average molecular weight is 1280 g/mol. The van der Waals surface area contributed by atoms with Gasteiger partial charge in [-0.2, -0.15) is 0 Å². The maximum absolute atomic E-state index is 12.5. The zero-order chi connectivity index (χ0) is 65.6. The van der Waals surface area contributed by atoms with Gasteiger partial charge in [0.05, 0.1) is 25.4 Å². The molecule has 91 heavy (non-hydrogen) atoms. The number of allylic oxidation sites excluding steroid dienone is 5. The van der Waals surface area contributed by atoms with Crippen molar-refractivity contribution in [2.75, 3.05) is 13.2 Å². The fourth-order valence-corrected chi connectivity index (χ4v) is 13.3. The fourth-order valence-electron chi connectivity index (χ4n) is 13.3. The number of unbranched alkanes of at least 4 members (excludes halogenated alkanes) is 64. The van der Waals surface area contributed by atoms with Crippen LogP contribution in [0.25, 0.3) is 0 Å². The van der Waals surface area contributed by atoms with Gasteiger partial charge in [-0.15, -0.1) is 0 Å². The van der Waals surface area contributed by atoms with E-state index < -0.39 is 12.1 Å². The van der Waals surface area contributed by atoms with E-state index in [2.05, 4.69) is 43.5 Å². The van der Waals surface area contributed by atoms with Gasteiger partial charge in [-0.1, -0.05) is 410 Å². The van der Waals surface area contributed by atoms with Gasteiger partial charge in [0.15, 0.2) is 0 Å². The van der Waals surface area contributed by atoms with Crippen LogP contribution in [-0.2, 0) is 14.3 Å². The van der Waals surface area contributed by atoms with Crippen LogP contribution in [0.2, 0.25) is 0 Å². The molecule has 2 atom stereocenters. The first-order valence-corrected chi connectivity index (χ1v) is 41.8. The molecule has 0 radical (unpaired) electrons. The van der Waals surface area contributed by atoms with Crippen molar-refractivity contribution in [3.63, 3.8) is 0 Å². The zero-order valence-electron chi connectivity index (χ0n) is 61.9. The van der Waals surface area contributed by atoms with E-state index in [4.69, 9.17) is 4.74 Å². The van der Waals surface area contributed by atoms with E-state index in [1.807, 2.05) is 6.08 Å². The maximum atomic E-state index is 12.5. The number of aliphatic hydroxyl groups is 2. The summed E-state index contributed by atoms with van der Waals surface area (Å²) in [5.41, 5.74) is 0. The first kappa shape index (κ1) is 89.1. The lowest BCUT2D eigenvalue weighted by Gasteiger charge is -2.20. The van der Waals surface area contributed by atoms with Crippen LogP contribution in [0, 0.1) is 0 Å². The number of carbonyl (C=O) groups is 2.